The summed E-state index contributed by atoms with van der Waals surface area (Å²) >= 11 is 1.67. The van der Waals surface area contributed by atoms with Gasteiger partial charge in [0.2, 0.25) is 0 Å². The van der Waals surface area contributed by atoms with Crippen LogP contribution in [0.3, 0.4) is 0 Å². The van der Waals surface area contributed by atoms with Gasteiger partial charge in [0.05, 0.1) is 23.8 Å². The summed E-state index contributed by atoms with van der Waals surface area (Å²) in [5.74, 6) is 0.451. The Kier molecular flexibility index (Phi) is 8.46. The van der Waals surface area contributed by atoms with Gasteiger partial charge >= 0.3 is 0 Å². The maximum atomic E-state index is 13.6. The first-order valence-electron chi connectivity index (χ1n) is 7.28. The van der Waals surface area contributed by atoms with E-state index < -0.39 is 0 Å². The van der Waals surface area contributed by atoms with E-state index in [2.05, 4.69) is 20.6 Å². The molecule has 0 radical (unpaired) electrons. The van der Waals surface area contributed by atoms with Crippen LogP contribution in [0.25, 0.3) is 0 Å². The van der Waals surface area contributed by atoms with Crippen molar-refractivity contribution in [1.82, 2.24) is 15.6 Å². The summed E-state index contributed by atoms with van der Waals surface area (Å²) in [6.07, 6.45) is 0. The number of hydrogen-bond acceptors (Lipinski definition) is 3. The van der Waals surface area contributed by atoms with Gasteiger partial charge in [-0.15, -0.1) is 35.3 Å². The number of halogens is 2. The lowest BCUT2D eigenvalue weighted by molar-refractivity contribution is 0.610. The molecule has 1 aromatic carbocycles. The maximum Gasteiger partial charge on any atom is 0.191 e. The Balaban J connectivity index is 0.00000264. The fourth-order valence-corrected chi connectivity index (χ4v) is 2.91. The van der Waals surface area contributed by atoms with Gasteiger partial charge in [0.15, 0.2) is 5.96 Å². The third kappa shape index (κ3) is 6.06. The van der Waals surface area contributed by atoms with Crippen LogP contribution in [0, 0.1) is 19.7 Å². The summed E-state index contributed by atoms with van der Waals surface area (Å²) in [4.78, 5) is 10.0. The van der Waals surface area contributed by atoms with Crippen LogP contribution in [0.5, 0.6) is 0 Å². The van der Waals surface area contributed by atoms with Gasteiger partial charge in [-0.2, -0.15) is 0 Å². The first-order valence-corrected chi connectivity index (χ1v) is 8.10. The number of thiazole rings is 1. The molecule has 0 spiro atoms. The first-order chi connectivity index (χ1) is 10.6. The molecule has 0 unspecified atom stereocenters. The van der Waals surface area contributed by atoms with E-state index in [1.807, 2.05) is 26.8 Å². The van der Waals surface area contributed by atoms with Gasteiger partial charge < -0.3 is 10.6 Å². The molecule has 23 heavy (non-hydrogen) atoms. The third-order valence-corrected chi connectivity index (χ3v) is 4.20. The highest BCUT2D eigenvalue weighted by Gasteiger charge is 2.06. The second-order valence-electron chi connectivity index (χ2n) is 4.88. The normalized spacial score (nSPS) is 11.0. The minimum atomic E-state index is -0.226. The fourth-order valence-electron chi connectivity index (χ4n) is 2.03. The summed E-state index contributed by atoms with van der Waals surface area (Å²) in [7, 11) is 0. The molecular weight excluding hydrogens is 426 g/mol. The topological polar surface area (TPSA) is 49.3 Å². The highest BCUT2D eigenvalue weighted by Crippen LogP contribution is 2.16. The molecule has 7 heteroatoms. The molecule has 0 atom stereocenters. The molecular formula is C16H22FIN4S. The number of aliphatic imine (C=N–C) groups is 1. The van der Waals surface area contributed by atoms with Crippen molar-refractivity contribution in [3.63, 3.8) is 0 Å². The molecule has 2 rings (SSSR count). The lowest BCUT2D eigenvalue weighted by Crippen LogP contribution is -2.36. The minimum Gasteiger partial charge on any atom is -0.357 e. The van der Waals surface area contributed by atoms with Crippen LogP contribution in [-0.4, -0.2) is 17.5 Å². The Morgan fingerprint density at radius 1 is 1.26 bits per heavy atom. The van der Waals surface area contributed by atoms with Crippen LogP contribution in [-0.2, 0) is 13.1 Å². The quantitative estimate of drug-likeness (QED) is 0.416. The summed E-state index contributed by atoms with van der Waals surface area (Å²) in [6, 6.07) is 6.70. The molecule has 0 saturated carbocycles. The molecule has 0 aliphatic carbocycles. The molecule has 1 aromatic heterocycles. The van der Waals surface area contributed by atoms with Crippen molar-refractivity contribution < 1.29 is 4.39 Å². The van der Waals surface area contributed by atoms with Gasteiger partial charge in [-0.3, -0.25) is 0 Å². The molecule has 0 amide bonds. The van der Waals surface area contributed by atoms with E-state index in [0.717, 1.165) is 17.2 Å². The van der Waals surface area contributed by atoms with E-state index in [9.17, 15) is 4.39 Å². The van der Waals surface area contributed by atoms with Gasteiger partial charge in [-0.05, 0) is 26.8 Å². The number of nitrogens with zero attached hydrogens (tertiary/aromatic N) is 2. The summed E-state index contributed by atoms with van der Waals surface area (Å²) in [5, 5.41) is 7.50. The molecule has 0 saturated heterocycles. The van der Waals surface area contributed by atoms with E-state index in [4.69, 9.17) is 0 Å². The molecule has 0 fully saturated rings. The van der Waals surface area contributed by atoms with Gasteiger partial charge in [0.1, 0.15) is 5.82 Å². The molecule has 4 nitrogen and oxygen atoms in total. The standard InChI is InChI=1S/C16H21FN4S.HI/c1-4-18-16(19-9-13-7-5-6-8-14(13)17)20-10-15-11(2)21-12(3)22-15;/h5-8H,4,9-10H2,1-3H3,(H2,18,19,20);1H. The van der Waals surface area contributed by atoms with Gasteiger partial charge in [0.25, 0.3) is 0 Å². The lowest BCUT2D eigenvalue weighted by Gasteiger charge is -2.11. The summed E-state index contributed by atoms with van der Waals surface area (Å²) in [5.41, 5.74) is 1.63. The van der Waals surface area contributed by atoms with Crippen LogP contribution < -0.4 is 10.6 Å². The van der Waals surface area contributed by atoms with Crippen LogP contribution in [0.15, 0.2) is 29.3 Å². The highest BCUT2D eigenvalue weighted by molar-refractivity contribution is 14.0. The van der Waals surface area contributed by atoms with E-state index in [-0.39, 0.29) is 29.8 Å². The molecule has 1 heterocycles. The van der Waals surface area contributed by atoms with Crippen molar-refractivity contribution >= 4 is 41.3 Å². The zero-order valence-corrected chi connectivity index (χ0v) is 16.7. The summed E-state index contributed by atoms with van der Waals surface area (Å²) < 4.78 is 13.6. The number of nitrogens with one attached hydrogen (secondary N) is 2. The fraction of sp³-hybridized carbons (Fsp3) is 0.375. The van der Waals surface area contributed by atoms with Gasteiger partial charge in [-0.1, -0.05) is 18.2 Å². The monoisotopic (exact) mass is 448 g/mol. The Hall–Kier alpha value is -1.22. The maximum absolute atomic E-state index is 13.6. The first kappa shape index (κ1) is 19.8. The van der Waals surface area contributed by atoms with Crippen molar-refractivity contribution in [1.29, 1.82) is 0 Å². The highest BCUT2D eigenvalue weighted by atomic mass is 127. The van der Waals surface area contributed by atoms with E-state index in [1.54, 1.807) is 23.5 Å². The SMILES string of the molecule is CCNC(=NCc1ccccc1F)NCc1sc(C)nc1C.I. The van der Waals surface area contributed by atoms with Crippen LogP contribution in [0.2, 0.25) is 0 Å². The number of aryl methyl sites for hydroxylation is 2. The Morgan fingerprint density at radius 2 is 2.00 bits per heavy atom. The van der Waals surface area contributed by atoms with Gasteiger partial charge in [-0.25, -0.2) is 14.4 Å². The third-order valence-electron chi connectivity index (χ3n) is 3.13. The number of aromatic nitrogens is 1. The Morgan fingerprint density at radius 3 is 2.61 bits per heavy atom. The molecule has 126 valence electrons. The zero-order chi connectivity index (χ0) is 15.9. The predicted octanol–water partition coefficient (Wildman–Crippen LogP) is 3.77. The van der Waals surface area contributed by atoms with E-state index >= 15 is 0 Å². The second-order valence-corrected chi connectivity index (χ2v) is 6.17. The number of hydrogen-bond donors (Lipinski definition) is 2. The molecule has 2 aromatic rings. The number of benzene rings is 1. The molecule has 2 N–H and O–H groups in total. The number of guanidine groups is 1. The van der Waals surface area contributed by atoms with Crippen molar-refractivity contribution in [3.05, 3.63) is 51.2 Å². The summed E-state index contributed by atoms with van der Waals surface area (Å²) in [6.45, 7) is 7.73. The molecule has 0 bridgehead atoms. The lowest BCUT2D eigenvalue weighted by atomic mass is 10.2. The Bertz CT molecular complexity index is 657. The molecule has 0 aliphatic rings. The predicted molar refractivity (Wildman–Crippen MR) is 105 cm³/mol. The van der Waals surface area contributed by atoms with Crippen molar-refractivity contribution in [3.8, 4) is 0 Å². The Labute approximate surface area is 157 Å². The number of rotatable bonds is 5. The smallest absolute Gasteiger partial charge is 0.191 e. The minimum absolute atomic E-state index is 0. The van der Waals surface area contributed by atoms with E-state index in [1.165, 1.54) is 10.9 Å². The zero-order valence-electron chi connectivity index (χ0n) is 13.5. The van der Waals surface area contributed by atoms with Crippen molar-refractivity contribution in [2.24, 2.45) is 4.99 Å². The van der Waals surface area contributed by atoms with Crippen molar-refractivity contribution in [2.75, 3.05) is 6.54 Å². The molecule has 0 aliphatic heterocycles. The average Bonchev–Trinajstić information content (AvgIpc) is 2.81. The second kappa shape index (κ2) is 9.82. The van der Waals surface area contributed by atoms with Crippen molar-refractivity contribution in [2.45, 2.75) is 33.9 Å². The van der Waals surface area contributed by atoms with Crippen LogP contribution in [0.1, 0.15) is 28.1 Å². The van der Waals surface area contributed by atoms with Crippen LogP contribution >= 0.6 is 35.3 Å². The largest absolute Gasteiger partial charge is 0.357 e. The van der Waals surface area contributed by atoms with E-state index in [0.29, 0.717) is 24.6 Å². The van der Waals surface area contributed by atoms with Crippen LogP contribution in [0.4, 0.5) is 4.39 Å². The van der Waals surface area contributed by atoms with Gasteiger partial charge in [0, 0.05) is 17.0 Å². The average molecular weight is 448 g/mol.